The van der Waals surface area contributed by atoms with Crippen LogP contribution < -0.4 is 10.6 Å². The Morgan fingerprint density at radius 3 is 2.28 bits per heavy atom. The van der Waals surface area contributed by atoms with Crippen LogP contribution in [-0.4, -0.2) is 11.8 Å². The zero-order valence-corrected chi connectivity index (χ0v) is 15.4. The van der Waals surface area contributed by atoms with Gasteiger partial charge in [-0.1, -0.05) is 29.3 Å². The predicted molar refractivity (Wildman–Crippen MR) is 98.6 cm³/mol. The maximum Gasteiger partial charge on any atom is 0.239 e. The van der Waals surface area contributed by atoms with Crippen molar-refractivity contribution >= 4 is 46.4 Å². The molecule has 4 nitrogen and oxygen atoms in total. The van der Waals surface area contributed by atoms with Crippen molar-refractivity contribution < 1.29 is 14.0 Å². The summed E-state index contributed by atoms with van der Waals surface area (Å²) < 4.78 is 13.2. The van der Waals surface area contributed by atoms with Crippen molar-refractivity contribution in [1.82, 2.24) is 0 Å². The van der Waals surface area contributed by atoms with Crippen LogP contribution in [0, 0.1) is 18.2 Å². The van der Waals surface area contributed by atoms with Gasteiger partial charge in [0.15, 0.2) is 0 Å². The molecule has 0 aliphatic heterocycles. The van der Waals surface area contributed by atoms with Crippen molar-refractivity contribution in [2.24, 2.45) is 5.41 Å². The molecule has 132 valence electrons. The van der Waals surface area contributed by atoms with Crippen LogP contribution in [0.3, 0.4) is 0 Å². The summed E-state index contributed by atoms with van der Waals surface area (Å²) >= 11 is 11.7. The highest BCUT2D eigenvalue weighted by molar-refractivity contribution is 6.32. The van der Waals surface area contributed by atoms with E-state index in [1.165, 1.54) is 26.0 Å². The Hall–Kier alpha value is -2.11. The Labute approximate surface area is 155 Å². The van der Waals surface area contributed by atoms with E-state index in [9.17, 15) is 14.0 Å². The molecule has 0 aliphatic rings. The molecule has 2 N–H and O–H groups in total. The van der Waals surface area contributed by atoms with Crippen molar-refractivity contribution in [1.29, 1.82) is 0 Å². The molecular formula is C18H17Cl2FN2O2. The van der Waals surface area contributed by atoms with E-state index in [1.54, 1.807) is 25.1 Å². The first-order chi connectivity index (χ1) is 11.6. The second-order valence-corrected chi connectivity index (χ2v) is 6.89. The quantitative estimate of drug-likeness (QED) is 0.727. The zero-order valence-electron chi connectivity index (χ0n) is 13.9. The van der Waals surface area contributed by atoms with Crippen LogP contribution in [0.4, 0.5) is 15.8 Å². The summed E-state index contributed by atoms with van der Waals surface area (Å²) in [7, 11) is 0. The molecule has 0 radical (unpaired) electrons. The molecule has 0 unspecified atom stereocenters. The topological polar surface area (TPSA) is 58.2 Å². The fourth-order valence-corrected chi connectivity index (χ4v) is 2.34. The lowest BCUT2D eigenvalue weighted by Crippen LogP contribution is -2.41. The zero-order chi connectivity index (χ0) is 18.8. The van der Waals surface area contributed by atoms with Gasteiger partial charge < -0.3 is 10.6 Å². The number of benzene rings is 2. The Morgan fingerprint density at radius 1 is 1.00 bits per heavy atom. The van der Waals surface area contributed by atoms with Gasteiger partial charge in [0.05, 0.1) is 5.02 Å². The third-order valence-electron chi connectivity index (χ3n) is 3.83. The van der Waals surface area contributed by atoms with Gasteiger partial charge in [0.1, 0.15) is 11.2 Å². The minimum Gasteiger partial charge on any atom is -0.325 e. The van der Waals surface area contributed by atoms with Crippen LogP contribution in [0.25, 0.3) is 0 Å². The summed E-state index contributed by atoms with van der Waals surface area (Å²) in [5.41, 5.74) is 0.161. The van der Waals surface area contributed by atoms with Gasteiger partial charge in [-0.2, -0.15) is 0 Å². The van der Waals surface area contributed by atoms with Crippen molar-refractivity contribution in [2.45, 2.75) is 20.8 Å². The van der Waals surface area contributed by atoms with Gasteiger partial charge in [0, 0.05) is 16.4 Å². The Kier molecular flexibility index (Phi) is 5.70. The van der Waals surface area contributed by atoms with E-state index in [-0.39, 0.29) is 5.02 Å². The molecule has 0 aromatic heterocycles. The molecule has 0 bridgehead atoms. The smallest absolute Gasteiger partial charge is 0.239 e. The fourth-order valence-electron chi connectivity index (χ4n) is 1.99. The summed E-state index contributed by atoms with van der Waals surface area (Å²) in [4.78, 5) is 25.0. The lowest BCUT2D eigenvalue weighted by atomic mass is 9.90. The number of hydrogen-bond donors (Lipinski definition) is 2. The van der Waals surface area contributed by atoms with Crippen molar-refractivity contribution in [3.05, 3.63) is 57.8 Å². The molecule has 0 spiro atoms. The molecule has 0 heterocycles. The van der Waals surface area contributed by atoms with Crippen molar-refractivity contribution in [3.8, 4) is 0 Å². The van der Waals surface area contributed by atoms with Crippen LogP contribution in [0.5, 0.6) is 0 Å². The van der Waals surface area contributed by atoms with Crippen LogP contribution in [0.15, 0.2) is 36.4 Å². The van der Waals surface area contributed by atoms with Crippen molar-refractivity contribution in [3.63, 3.8) is 0 Å². The number of rotatable bonds is 4. The summed E-state index contributed by atoms with van der Waals surface area (Å²) in [6.07, 6.45) is 0. The molecule has 0 aliphatic carbocycles. The lowest BCUT2D eigenvalue weighted by molar-refractivity contribution is -0.135. The first kappa shape index (κ1) is 19.2. The van der Waals surface area contributed by atoms with E-state index in [0.29, 0.717) is 22.0 Å². The minimum absolute atomic E-state index is 0.116. The number of amides is 2. The third kappa shape index (κ3) is 4.30. The van der Waals surface area contributed by atoms with E-state index in [0.717, 1.165) is 6.07 Å². The molecule has 0 saturated heterocycles. The van der Waals surface area contributed by atoms with Gasteiger partial charge in [0.25, 0.3) is 0 Å². The Morgan fingerprint density at radius 2 is 1.64 bits per heavy atom. The largest absolute Gasteiger partial charge is 0.325 e. The van der Waals surface area contributed by atoms with Gasteiger partial charge in [-0.25, -0.2) is 4.39 Å². The lowest BCUT2D eigenvalue weighted by Gasteiger charge is -2.23. The molecule has 0 saturated carbocycles. The molecule has 2 amide bonds. The molecule has 25 heavy (non-hydrogen) atoms. The Balaban J connectivity index is 2.15. The van der Waals surface area contributed by atoms with Gasteiger partial charge >= 0.3 is 0 Å². The predicted octanol–water partition coefficient (Wildman–Crippen LogP) is 5.04. The first-order valence-electron chi connectivity index (χ1n) is 7.46. The maximum atomic E-state index is 13.2. The highest BCUT2D eigenvalue weighted by Gasteiger charge is 2.36. The molecule has 0 atom stereocenters. The highest BCUT2D eigenvalue weighted by Crippen LogP contribution is 2.27. The normalized spacial score (nSPS) is 11.1. The summed E-state index contributed by atoms with van der Waals surface area (Å²) in [5.74, 6) is -1.64. The monoisotopic (exact) mass is 382 g/mol. The van der Waals surface area contributed by atoms with Gasteiger partial charge in [-0.05, 0) is 56.7 Å². The second-order valence-electron chi connectivity index (χ2n) is 6.07. The summed E-state index contributed by atoms with van der Waals surface area (Å²) in [6.45, 7) is 4.75. The van der Waals surface area contributed by atoms with Crippen LogP contribution >= 0.6 is 23.2 Å². The first-order valence-corrected chi connectivity index (χ1v) is 8.21. The standard InChI is InChI=1S/C18H17Cl2FN2O2/c1-10-12(19)5-4-6-15(10)23-17(25)18(2,3)16(24)22-11-7-8-14(21)13(20)9-11/h4-9H,1-3H3,(H,22,24)(H,23,25). The second kappa shape index (κ2) is 7.42. The van der Waals surface area contributed by atoms with Gasteiger partial charge in [-0.3, -0.25) is 9.59 Å². The van der Waals surface area contributed by atoms with E-state index in [1.807, 2.05) is 0 Å². The molecular weight excluding hydrogens is 366 g/mol. The van der Waals surface area contributed by atoms with Crippen LogP contribution in [0.1, 0.15) is 19.4 Å². The van der Waals surface area contributed by atoms with E-state index >= 15 is 0 Å². The Bertz CT molecular complexity index is 838. The third-order valence-corrected chi connectivity index (χ3v) is 4.53. The number of hydrogen-bond acceptors (Lipinski definition) is 2. The van der Waals surface area contributed by atoms with Gasteiger partial charge in [0.2, 0.25) is 11.8 Å². The summed E-state index contributed by atoms with van der Waals surface area (Å²) in [6, 6.07) is 8.91. The number of anilines is 2. The SMILES string of the molecule is Cc1c(Cl)cccc1NC(=O)C(C)(C)C(=O)Nc1ccc(F)c(Cl)c1. The number of halogens is 3. The maximum absolute atomic E-state index is 13.2. The average Bonchev–Trinajstić information content (AvgIpc) is 2.55. The van der Waals surface area contributed by atoms with E-state index < -0.39 is 23.0 Å². The van der Waals surface area contributed by atoms with E-state index in [2.05, 4.69) is 10.6 Å². The van der Waals surface area contributed by atoms with E-state index in [4.69, 9.17) is 23.2 Å². The van der Waals surface area contributed by atoms with Gasteiger partial charge in [-0.15, -0.1) is 0 Å². The average molecular weight is 383 g/mol. The molecule has 2 aromatic rings. The minimum atomic E-state index is -1.38. The highest BCUT2D eigenvalue weighted by atomic mass is 35.5. The molecule has 2 aromatic carbocycles. The molecule has 2 rings (SSSR count). The van der Waals surface area contributed by atoms with Crippen molar-refractivity contribution in [2.75, 3.05) is 10.6 Å². The fraction of sp³-hybridized carbons (Fsp3) is 0.222. The van der Waals surface area contributed by atoms with Crippen LogP contribution in [-0.2, 0) is 9.59 Å². The number of carbonyl (C=O) groups excluding carboxylic acids is 2. The molecule has 0 fully saturated rings. The summed E-state index contributed by atoms with van der Waals surface area (Å²) in [5, 5.41) is 5.67. The molecule has 7 heteroatoms. The number of nitrogens with one attached hydrogen (secondary N) is 2. The van der Waals surface area contributed by atoms with Crippen LogP contribution in [0.2, 0.25) is 10.0 Å². The number of carbonyl (C=O) groups is 2.